The molecule has 3 aromatic carbocycles. The number of methoxy groups -OCH3 is 1. The summed E-state index contributed by atoms with van der Waals surface area (Å²) in [7, 11) is 1.51. The zero-order chi connectivity index (χ0) is 23.6. The number of hydrogen-bond donors (Lipinski definition) is 1. The standard InChI is InChI=1S/C28H32O6/c1-30-27-25(29)26(33-19-24-15-9-4-10-16-24)28(34-27,20-31-17-22-11-5-2-6-12-22)21-32-18-23-13-7-3-8-14-23/h2-16,25-27,29H,17-21H2,1H3/t25-,26+,27?/m1/s1. The number of rotatable bonds is 12. The van der Waals surface area contributed by atoms with Crippen LogP contribution in [0, 0.1) is 0 Å². The van der Waals surface area contributed by atoms with E-state index in [4.69, 9.17) is 23.7 Å². The lowest BCUT2D eigenvalue weighted by molar-refractivity contribution is -0.216. The Bertz CT molecular complexity index is 920. The maximum Gasteiger partial charge on any atom is 0.186 e. The van der Waals surface area contributed by atoms with Crippen molar-refractivity contribution in [2.75, 3.05) is 20.3 Å². The normalized spacial score (nSPS) is 21.5. The maximum absolute atomic E-state index is 11.0. The largest absolute Gasteiger partial charge is 0.385 e. The molecule has 1 unspecified atom stereocenters. The van der Waals surface area contributed by atoms with Gasteiger partial charge in [-0.05, 0) is 16.7 Å². The molecule has 0 spiro atoms. The van der Waals surface area contributed by atoms with E-state index in [9.17, 15) is 5.11 Å². The van der Waals surface area contributed by atoms with Crippen LogP contribution >= 0.6 is 0 Å². The molecule has 0 saturated carbocycles. The van der Waals surface area contributed by atoms with E-state index in [2.05, 4.69) is 0 Å². The van der Waals surface area contributed by atoms with Crippen molar-refractivity contribution in [2.24, 2.45) is 0 Å². The second-order valence-corrected chi connectivity index (χ2v) is 8.45. The van der Waals surface area contributed by atoms with Gasteiger partial charge in [0.25, 0.3) is 0 Å². The molecule has 6 heteroatoms. The Kier molecular flexibility index (Phi) is 8.82. The lowest BCUT2D eigenvalue weighted by Gasteiger charge is -2.34. The fourth-order valence-corrected chi connectivity index (χ4v) is 4.13. The molecule has 1 fully saturated rings. The van der Waals surface area contributed by atoms with Crippen molar-refractivity contribution in [1.29, 1.82) is 0 Å². The minimum absolute atomic E-state index is 0.174. The lowest BCUT2D eigenvalue weighted by Crippen LogP contribution is -2.52. The molecule has 1 heterocycles. The zero-order valence-corrected chi connectivity index (χ0v) is 19.4. The quantitative estimate of drug-likeness (QED) is 0.435. The smallest absolute Gasteiger partial charge is 0.186 e. The Hall–Kier alpha value is -2.58. The zero-order valence-electron chi connectivity index (χ0n) is 19.4. The van der Waals surface area contributed by atoms with Gasteiger partial charge in [0.15, 0.2) is 6.29 Å². The second-order valence-electron chi connectivity index (χ2n) is 8.45. The molecule has 34 heavy (non-hydrogen) atoms. The topological polar surface area (TPSA) is 66.4 Å². The molecular formula is C28H32O6. The first-order chi connectivity index (χ1) is 16.7. The monoisotopic (exact) mass is 464 g/mol. The van der Waals surface area contributed by atoms with Gasteiger partial charge < -0.3 is 28.8 Å². The van der Waals surface area contributed by atoms with Crippen LogP contribution in [0.25, 0.3) is 0 Å². The van der Waals surface area contributed by atoms with E-state index in [1.54, 1.807) is 0 Å². The van der Waals surface area contributed by atoms with Crippen molar-refractivity contribution in [3.05, 3.63) is 108 Å². The molecule has 6 nitrogen and oxygen atoms in total. The average Bonchev–Trinajstić information content (AvgIpc) is 3.15. The van der Waals surface area contributed by atoms with E-state index in [1.165, 1.54) is 7.11 Å². The molecule has 1 aliphatic rings. The van der Waals surface area contributed by atoms with Crippen LogP contribution < -0.4 is 0 Å². The van der Waals surface area contributed by atoms with Gasteiger partial charge in [-0.25, -0.2) is 0 Å². The van der Waals surface area contributed by atoms with Crippen LogP contribution in [-0.4, -0.2) is 49.5 Å². The first kappa shape index (κ1) is 24.5. The summed E-state index contributed by atoms with van der Waals surface area (Å²) in [5.74, 6) is 0. The first-order valence-corrected chi connectivity index (χ1v) is 11.5. The van der Waals surface area contributed by atoms with Crippen LogP contribution in [-0.2, 0) is 43.5 Å². The molecule has 3 atom stereocenters. The number of aliphatic hydroxyl groups is 1. The number of hydrogen-bond acceptors (Lipinski definition) is 6. The van der Waals surface area contributed by atoms with E-state index in [1.807, 2.05) is 91.0 Å². The molecule has 1 N–H and O–H groups in total. The fraction of sp³-hybridized carbons (Fsp3) is 0.357. The predicted octanol–water partition coefficient (Wildman–Crippen LogP) is 4.11. The highest BCUT2D eigenvalue weighted by Gasteiger charge is 2.56. The second kappa shape index (κ2) is 12.2. The van der Waals surface area contributed by atoms with Gasteiger partial charge in [0.2, 0.25) is 0 Å². The molecule has 1 aliphatic heterocycles. The van der Waals surface area contributed by atoms with Crippen LogP contribution in [0.5, 0.6) is 0 Å². The minimum Gasteiger partial charge on any atom is -0.385 e. The number of benzene rings is 3. The van der Waals surface area contributed by atoms with Crippen molar-refractivity contribution in [1.82, 2.24) is 0 Å². The summed E-state index contributed by atoms with van der Waals surface area (Å²) < 4.78 is 30.1. The van der Waals surface area contributed by atoms with E-state index < -0.39 is 24.1 Å². The van der Waals surface area contributed by atoms with Crippen molar-refractivity contribution < 1.29 is 28.8 Å². The van der Waals surface area contributed by atoms with Gasteiger partial charge in [-0.2, -0.15) is 0 Å². The van der Waals surface area contributed by atoms with Gasteiger partial charge in [0, 0.05) is 7.11 Å². The van der Waals surface area contributed by atoms with Gasteiger partial charge in [-0.15, -0.1) is 0 Å². The molecule has 0 aliphatic carbocycles. The summed E-state index contributed by atoms with van der Waals surface area (Å²) in [6.45, 7) is 1.48. The molecule has 0 aromatic heterocycles. The van der Waals surface area contributed by atoms with Gasteiger partial charge in [-0.1, -0.05) is 91.0 Å². The lowest BCUT2D eigenvalue weighted by atomic mass is 9.96. The third-order valence-corrected chi connectivity index (χ3v) is 5.88. The molecule has 1 saturated heterocycles. The fourth-order valence-electron chi connectivity index (χ4n) is 4.13. The van der Waals surface area contributed by atoms with Crippen LogP contribution in [0.1, 0.15) is 16.7 Å². The van der Waals surface area contributed by atoms with Crippen LogP contribution in [0.2, 0.25) is 0 Å². The third kappa shape index (κ3) is 6.30. The van der Waals surface area contributed by atoms with Gasteiger partial charge in [0.1, 0.15) is 17.8 Å². The molecular weight excluding hydrogens is 432 g/mol. The van der Waals surface area contributed by atoms with Gasteiger partial charge in [0.05, 0.1) is 33.0 Å². The van der Waals surface area contributed by atoms with Crippen molar-refractivity contribution >= 4 is 0 Å². The highest BCUT2D eigenvalue weighted by Crippen LogP contribution is 2.36. The molecule has 3 aromatic rings. The van der Waals surface area contributed by atoms with E-state index >= 15 is 0 Å². The van der Waals surface area contributed by atoms with Crippen molar-refractivity contribution in [2.45, 2.75) is 43.9 Å². The molecule has 0 radical (unpaired) electrons. The van der Waals surface area contributed by atoms with Crippen molar-refractivity contribution in [3.8, 4) is 0 Å². The van der Waals surface area contributed by atoms with Gasteiger partial charge >= 0.3 is 0 Å². The van der Waals surface area contributed by atoms with Crippen LogP contribution in [0.3, 0.4) is 0 Å². The van der Waals surface area contributed by atoms with E-state index in [0.717, 1.165) is 16.7 Å². The van der Waals surface area contributed by atoms with Crippen molar-refractivity contribution in [3.63, 3.8) is 0 Å². The SMILES string of the molecule is COC1OC(COCc2ccccc2)(COCc2ccccc2)[C@@H](OCc2ccccc2)[C@H]1O. The van der Waals surface area contributed by atoms with E-state index in [-0.39, 0.29) is 13.2 Å². The summed E-state index contributed by atoms with van der Waals surface area (Å²) in [5.41, 5.74) is 2.05. The van der Waals surface area contributed by atoms with Gasteiger partial charge in [-0.3, -0.25) is 0 Å². The number of aliphatic hydroxyl groups excluding tert-OH is 1. The maximum atomic E-state index is 11.0. The summed E-state index contributed by atoms with van der Waals surface area (Å²) in [5, 5.41) is 11.0. The number of ether oxygens (including phenoxy) is 5. The summed E-state index contributed by atoms with van der Waals surface area (Å²) >= 11 is 0. The van der Waals surface area contributed by atoms with Crippen LogP contribution in [0.4, 0.5) is 0 Å². The Labute approximate surface area is 201 Å². The molecule has 180 valence electrons. The summed E-state index contributed by atoms with van der Waals surface area (Å²) in [6, 6.07) is 29.7. The Morgan fingerprint density at radius 3 is 1.59 bits per heavy atom. The third-order valence-electron chi connectivity index (χ3n) is 5.88. The summed E-state index contributed by atoms with van der Waals surface area (Å²) in [4.78, 5) is 0. The summed E-state index contributed by atoms with van der Waals surface area (Å²) in [6.07, 6.45) is -2.54. The Morgan fingerprint density at radius 2 is 1.15 bits per heavy atom. The Balaban J connectivity index is 1.50. The average molecular weight is 465 g/mol. The minimum atomic E-state index is -1.04. The highest BCUT2D eigenvalue weighted by molar-refractivity contribution is 5.15. The Morgan fingerprint density at radius 1 is 0.706 bits per heavy atom. The molecule has 4 rings (SSSR count). The molecule has 0 bridgehead atoms. The first-order valence-electron chi connectivity index (χ1n) is 11.5. The molecule has 0 amide bonds. The van der Waals surface area contributed by atoms with Crippen LogP contribution in [0.15, 0.2) is 91.0 Å². The predicted molar refractivity (Wildman–Crippen MR) is 128 cm³/mol. The highest BCUT2D eigenvalue weighted by atomic mass is 16.7. The van der Waals surface area contributed by atoms with E-state index in [0.29, 0.717) is 19.8 Å².